The highest BCUT2D eigenvalue weighted by molar-refractivity contribution is 7.89. The van der Waals surface area contributed by atoms with E-state index < -0.39 is 16.1 Å². The van der Waals surface area contributed by atoms with E-state index in [1.165, 1.54) is 16.9 Å². The second kappa shape index (κ2) is 7.76. The number of rotatable bonds is 7. The van der Waals surface area contributed by atoms with Gasteiger partial charge in [0, 0.05) is 18.4 Å². The number of sulfonamides is 1. The van der Waals surface area contributed by atoms with Crippen molar-refractivity contribution in [1.29, 1.82) is 0 Å². The molecule has 1 unspecified atom stereocenters. The molecule has 0 bridgehead atoms. The van der Waals surface area contributed by atoms with Crippen molar-refractivity contribution in [3.63, 3.8) is 0 Å². The van der Waals surface area contributed by atoms with E-state index in [4.69, 9.17) is 0 Å². The van der Waals surface area contributed by atoms with Crippen LogP contribution in [0.15, 0.2) is 59.9 Å². The lowest BCUT2D eigenvalue weighted by Gasteiger charge is -2.14. The molecular weight excluding hydrogens is 350 g/mol. The molecular formula is C18H21N5O2S. The largest absolute Gasteiger partial charge is 0.258 e. The summed E-state index contributed by atoms with van der Waals surface area (Å²) in [7, 11) is -3.74. The van der Waals surface area contributed by atoms with Crippen LogP contribution in [0.1, 0.15) is 30.0 Å². The number of benzene rings is 1. The average Bonchev–Trinajstić information content (AvgIpc) is 3.10. The van der Waals surface area contributed by atoms with Gasteiger partial charge in [-0.25, -0.2) is 18.4 Å². The Morgan fingerprint density at radius 3 is 2.62 bits per heavy atom. The fourth-order valence-electron chi connectivity index (χ4n) is 2.62. The Bertz CT molecular complexity index is 970. The van der Waals surface area contributed by atoms with Crippen LogP contribution in [0.5, 0.6) is 0 Å². The first kappa shape index (κ1) is 18.2. The molecule has 1 N–H and O–H groups in total. The summed E-state index contributed by atoms with van der Waals surface area (Å²) in [5.41, 5.74) is 1.91. The van der Waals surface area contributed by atoms with E-state index in [0.29, 0.717) is 18.8 Å². The minimum Gasteiger partial charge on any atom is -0.253 e. The number of hydrogen-bond donors (Lipinski definition) is 1. The molecule has 0 fully saturated rings. The summed E-state index contributed by atoms with van der Waals surface area (Å²) in [5.74, 6) is 0.434. The molecule has 0 saturated carbocycles. The Morgan fingerprint density at radius 2 is 1.88 bits per heavy atom. The van der Waals surface area contributed by atoms with Crippen molar-refractivity contribution < 1.29 is 8.42 Å². The third kappa shape index (κ3) is 4.33. The molecule has 0 aliphatic heterocycles. The zero-order valence-electron chi connectivity index (χ0n) is 14.7. The Kier molecular flexibility index (Phi) is 5.43. The molecule has 0 radical (unpaired) electrons. The molecule has 136 valence electrons. The Balaban J connectivity index is 1.74. The average molecular weight is 371 g/mol. The van der Waals surface area contributed by atoms with E-state index in [1.54, 1.807) is 19.2 Å². The summed E-state index contributed by atoms with van der Waals surface area (Å²) < 4.78 is 29.7. The van der Waals surface area contributed by atoms with Crippen LogP contribution in [-0.4, -0.2) is 28.2 Å². The van der Waals surface area contributed by atoms with Crippen LogP contribution in [0.25, 0.3) is 0 Å². The van der Waals surface area contributed by atoms with E-state index in [-0.39, 0.29) is 5.03 Å². The van der Waals surface area contributed by atoms with Crippen LogP contribution < -0.4 is 4.72 Å². The van der Waals surface area contributed by atoms with Gasteiger partial charge in [0.25, 0.3) is 10.0 Å². The second-order valence-electron chi connectivity index (χ2n) is 6.03. The van der Waals surface area contributed by atoms with Crippen LogP contribution >= 0.6 is 0 Å². The number of aromatic nitrogens is 4. The lowest BCUT2D eigenvalue weighted by atomic mass is 10.1. The minimum atomic E-state index is -3.74. The fraction of sp³-hybridized carbons (Fsp3) is 0.278. The van der Waals surface area contributed by atoms with E-state index in [2.05, 4.69) is 19.8 Å². The van der Waals surface area contributed by atoms with Crippen LogP contribution in [0.4, 0.5) is 0 Å². The van der Waals surface area contributed by atoms with Crippen molar-refractivity contribution in [2.24, 2.45) is 0 Å². The predicted octanol–water partition coefficient (Wildman–Crippen LogP) is 2.26. The molecule has 0 saturated heterocycles. The molecule has 26 heavy (non-hydrogen) atoms. The molecule has 0 spiro atoms. The first-order chi connectivity index (χ1) is 12.5. The summed E-state index contributed by atoms with van der Waals surface area (Å²) in [4.78, 5) is 8.42. The van der Waals surface area contributed by atoms with Gasteiger partial charge in [0.1, 0.15) is 5.82 Å². The molecule has 7 nitrogen and oxygen atoms in total. The normalized spacial score (nSPS) is 12.8. The van der Waals surface area contributed by atoms with Gasteiger partial charge in [-0.2, -0.15) is 9.82 Å². The highest BCUT2D eigenvalue weighted by Gasteiger charge is 2.23. The summed E-state index contributed by atoms with van der Waals surface area (Å²) in [5, 5.41) is 4.29. The number of nitrogens with zero attached hydrogens (tertiary/aromatic N) is 4. The highest BCUT2D eigenvalue weighted by atomic mass is 32.2. The van der Waals surface area contributed by atoms with Crippen molar-refractivity contribution >= 4 is 10.0 Å². The van der Waals surface area contributed by atoms with E-state index >= 15 is 0 Å². The summed E-state index contributed by atoms with van der Waals surface area (Å²) >= 11 is 0. The van der Waals surface area contributed by atoms with Gasteiger partial charge in [-0.05, 0) is 38.0 Å². The zero-order valence-corrected chi connectivity index (χ0v) is 15.5. The lowest BCUT2D eigenvalue weighted by molar-refractivity contribution is 0.518. The van der Waals surface area contributed by atoms with Crippen LogP contribution in [-0.2, 0) is 23.0 Å². The van der Waals surface area contributed by atoms with E-state index in [9.17, 15) is 8.42 Å². The Hall–Kier alpha value is -2.58. The van der Waals surface area contributed by atoms with Gasteiger partial charge in [-0.15, -0.1) is 0 Å². The van der Waals surface area contributed by atoms with Crippen molar-refractivity contribution in [3.05, 3.63) is 71.9 Å². The van der Waals surface area contributed by atoms with Crippen LogP contribution in [0.3, 0.4) is 0 Å². The second-order valence-corrected chi connectivity index (χ2v) is 7.69. The van der Waals surface area contributed by atoms with Crippen molar-refractivity contribution in [2.45, 2.75) is 37.9 Å². The van der Waals surface area contributed by atoms with Gasteiger partial charge in [-0.1, -0.05) is 30.3 Å². The maximum atomic E-state index is 12.8. The SMILES string of the molecule is Cc1ccnc(C(C)NS(=O)(=O)c2ccnn2CCc2ccccc2)n1. The maximum absolute atomic E-state index is 12.8. The third-order valence-corrected chi connectivity index (χ3v) is 5.50. The molecule has 2 aromatic heterocycles. The summed E-state index contributed by atoms with van der Waals surface area (Å²) in [6.07, 6.45) is 3.81. The van der Waals surface area contributed by atoms with Gasteiger partial charge in [0.2, 0.25) is 0 Å². The van der Waals surface area contributed by atoms with Crippen molar-refractivity contribution in [1.82, 2.24) is 24.5 Å². The molecule has 2 heterocycles. The number of aryl methyl sites for hydroxylation is 3. The molecule has 0 aliphatic rings. The molecule has 3 aromatic rings. The quantitative estimate of drug-likeness (QED) is 0.688. The number of nitrogens with one attached hydrogen (secondary N) is 1. The summed E-state index contributed by atoms with van der Waals surface area (Å²) in [6.45, 7) is 4.03. The first-order valence-electron chi connectivity index (χ1n) is 8.33. The van der Waals surface area contributed by atoms with Gasteiger partial charge >= 0.3 is 0 Å². The molecule has 1 atom stereocenters. The van der Waals surface area contributed by atoms with Gasteiger partial charge in [-0.3, -0.25) is 4.68 Å². The molecule has 3 rings (SSSR count). The lowest BCUT2D eigenvalue weighted by Crippen LogP contribution is -2.30. The highest BCUT2D eigenvalue weighted by Crippen LogP contribution is 2.15. The van der Waals surface area contributed by atoms with Crippen LogP contribution in [0.2, 0.25) is 0 Å². The molecule has 0 amide bonds. The monoisotopic (exact) mass is 371 g/mol. The smallest absolute Gasteiger partial charge is 0.253 e. The Morgan fingerprint density at radius 1 is 1.12 bits per heavy atom. The van der Waals surface area contributed by atoms with Gasteiger partial charge < -0.3 is 0 Å². The molecule has 0 aliphatic carbocycles. The summed E-state index contributed by atoms with van der Waals surface area (Å²) in [6, 6.07) is 12.6. The van der Waals surface area contributed by atoms with Crippen molar-refractivity contribution in [3.8, 4) is 0 Å². The molecule has 8 heteroatoms. The first-order valence-corrected chi connectivity index (χ1v) is 9.81. The third-order valence-electron chi connectivity index (χ3n) is 3.94. The standard InChI is InChI=1S/C18H21N5O2S/c1-14-8-11-19-18(21-14)15(2)22-26(24,25)17-9-12-20-23(17)13-10-16-6-4-3-5-7-16/h3-9,11-12,15,22H,10,13H2,1-2H3. The Labute approximate surface area is 153 Å². The fourth-order valence-corrected chi connectivity index (χ4v) is 3.97. The number of hydrogen-bond acceptors (Lipinski definition) is 5. The maximum Gasteiger partial charge on any atom is 0.258 e. The van der Waals surface area contributed by atoms with Crippen LogP contribution in [0, 0.1) is 6.92 Å². The van der Waals surface area contributed by atoms with Crippen molar-refractivity contribution in [2.75, 3.05) is 0 Å². The zero-order chi connectivity index (χ0) is 18.6. The van der Waals surface area contributed by atoms with E-state index in [0.717, 1.165) is 11.3 Å². The van der Waals surface area contributed by atoms with Gasteiger partial charge in [0.15, 0.2) is 5.03 Å². The van der Waals surface area contributed by atoms with Gasteiger partial charge in [0.05, 0.1) is 12.2 Å². The molecule has 1 aromatic carbocycles. The minimum absolute atomic E-state index is 0.132. The topological polar surface area (TPSA) is 89.8 Å². The predicted molar refractivity (Wildman–Crippen MR) is 97.9 cm³/mol. The van der Waals surface area contributed by atoms with E-state index in [1.807, 2.05) is 37.3 Å².